The van der Waals surface area contributed by atoms with Crippen LogP contribution in [-0.2, 0) is 4.74 Å². The molecular formula is C13H18N2O6. The molecule has 1 amide bonds. The first-order valence-corrected chi connectivity index (χ1v) is 6.41. The zero-order valence-electron chi connectivity index (χ0n) is 11.1. The van der Waals surface area contributed by atoms with Crippen LogP contribution in [0.2, 0.25) is 0 Å². The van der Waals surface area contributed by atoms with E-state index in [0.717, 1.165) is 0 Å². The lowest BCUT2D eigenvalue weighted by Crippen LogP contribution is -2.64. The summed E-state index contributed by atoms with van der Waals surface area (Å²) in [6, 6.07) is 4.83. The summed E-state index contributed by atoms with van der Waals surface area (Å²) in [6.07, 6.45) is -5.54. The number of carbonyl (C=O) groups excluding carboxylic acids is 1. The van der Waals surface area contributed by atoms with E-state index < -0.39 is 43.2 Å². The van der Waals surface area contributed by atoms with Gasteiger partial charge in [0.1, 0.15) is 24.4 Å². The first-order chi connectivity index (χ1) is 9.93. The second kappa shape index (κ2) is 6.37. The average molecular weight is 298 g/mol. The van der Waals surface area contributed by atoms with Crippen LogP contribution in [0.5, 0.6) is 0 Å². The highest BCUT2D eigenvalue weighted by atomic mass is 16.6. The van der Waals surface area contributed by atoms with E-state index in [1.54, 1.807) is 0 Å². The van der Waals surface area contributed by atoms with E-state index in [-0.39, 0.29) is 5.56 Å². The van der Waals surface area contributed by atoms with Gasteiger partial charge in [-0.1, -0.05) is 0 Å². The van der Waals surface area contributed by atoms with Gasteiger partial charge in [0.25, 0.3) is 5.91 Å². The molecule has 2 rings (SSSR count). The molecule has 1 heterocycles. The van der Waals surface area contributed by atoms with Crippen molar-refractivity contribution in [1.82, 2.24) is 5.32 Å². The number of nitrogens with one attached hydrogen (secondary N) is 1. The summed E-state index contributed by atoms with van der Waals surface area (Å²) in [5.74, 6) is -0.559. The van der Waals surface area contributed by atoms with E-state index in [2.05, 4.69) is 5.32 Å². The van der Waals surface area contributed by atoms with Crippen molar-refractivity contribution >= 4 is 11.6 Å². The molecule has 1 aliphatic heterocycles. The number of aliphatic hydroxyl groups is 4. The van der Waals surface area contributed by atoms with Crippen molar-refractivity contribution in [3.8, 4) is 0 Å². The molecule has 1 aliphatic rings. The van der Waals surface area contributed by atoms with Gasteiger partial charge in [0, 0.05) is 11.3 Å². The molecular weight excluding hydrogens is 280 g/mol. The summed E-state index contributed by atoms with van der Waals surface area (Å²) in [6.45, 7) is -0.562. The first-order valence-electron chi connectivity index (χ1n) is 6.41. The van der Waals surface area contributed by atoms with Crippen LogP contribution in [0.1, 0.15) is 10.4 Å². The number of rotatable bonds is 3. The Morgan fingerprint density at radius 1 is 1.19 bits per heavy atom. The SMILES string of the molecule is Nc1ccc(C(=O)N[C@H]2C(O)O[C@H](CO)[C@@H](O)[C@@H]2O)cc1. The largest absolute Gasteiger partial charge is 0.399 e. The number of nitrogen functional groups attached to an aromatic ring is 1. The summed E-state index contributed by atoms with van der Waals surface area (Å²) in [5.41, 5.74) is 6.29. The molecule has 1 aromatic rings. The van der Waals surface area contributed by atoms with E-state index in [0.29, 0.717) is 5.69 Å². The highest BCUT2D eigenvalue weighted by molar-refractivity contribution is 5.94. The van der Waals surface area contributed by atoms with Gasteiger partial charge in [-0.2, -0.15) is 0 Å². The topological polar surface area (TPSA) is 145 Å². The second-order valence-corrected chi connectivity index (χ2v) is 4.85. The number of ether oxygens (including phenoxy) is 1. The van der Waals surface area contributed by atoms with Crippen molar-refractivity contribution in [3.05, 3.63) is 29.8 Å². The number of hydrogen-bond donors (Lipinski definition) is 6. The molecule has 0 aliphatic carbocycles. The molecule has 0 spiro atoms. The molecule has 21 heavy (non-hydrogen) atoms. The predicted molar refractivity (Wildman–Crippen MR) is 72.1 cm³/mol. The van der Waals surface area contributed by atoms with Crippen LogP contribution in [0.15, 0.2) is 24.3 Å². The molecule has 8 nitrogen and oxygen atoms in total. The van der Waals surface area contributed by atoms with Gasteiger partial charge in [0.15, 0.2) is 6.29 Å². The monoisotopic (exact) mass is 298 g/mol. The molecule has 116 valence electrons. The third-order valence-electron chi connectivity index (χ3n) is 3.37. The normalized spacial score (nSPS) is 32.7. The quantitative estimate of drug-likeness (QED) is 0.347. The summed E-state index contributed by atoms with van der Waals surface area (Å²) < 4.78 is 4.95. The van der Waals surface area contributed by atoms with Crippen LogP contribution in [0.4, 0.5) is 5.69 Å². The number of aliphatic hydroxyl groups excluding tert-OH is 4. The zero-order valence-corrected chi connectivity index (χ0v) is 11.1. The van der Waals surface area contributed by atoms with Gasteiger partial charge in [0.05, 0.1) is 6.61 Å². The number of nitrogens with two attached hydrogens (primary N) is 1. The van der Waals surface area contributed by atoms with Gasteiger partial charge in [-0.15, -0.1) is 0 Å². The number of benzene rings is 1. The Morgan fingerprint density at radius 2 is 1.81 bits per heavy atom. The van der Waals surface area contributed by atoms with Crippen LogP contribution in [0, 0.1) is 0 Å². The minimum atomic E-state index is -1.54. The van der Waals surface area contributed by atoms with E-state index in [9.17, 15) is 20.1 Å². The van der Waals surface area contributed by atoms with E-state index >= 15 is 0 Å². The molecule has 1 aromatic carbocycles. The van der Waals surface area contributed by atoms with Gasteiger partial charge in [-0.05, 0) is 24.3 Å². The molecule has 5 atom stereocenters. The van der Waals surface area contributed by atoms with Crippen molar-refractivity contribution in [3.63, 3.8) is 0 Å². The first kappa shape index (κ1) is 15.7. The Hall–Kier alpha value is -1.71. The lowest BCUT2D eigenvalue weighted by atomic mass is 9.97. The van der Waals surface area contributed by atoms with Crippen molar-refractivity contribution < 1.29 is 30.0 Å². The molecule has 1 saturated heterocycles. The van der Waals surface area contributed by atoms with Gasteiger partial charge in [0.2, 0.25) is 0 Å². The summed E-state index contributed by atoms with van der Waals surface area (Å²) in [7, 11) is 0. The van der Waals surface area contributed by atoms with Crippen LogP contribution >= 0.6 is 0 Å². The predicted octanol–water partition coefficient (Wildman–Crippen LogP) is -2.20. The van der Waals surface area contributed by atoms with Crippen LogP contribution in [0.25, 0.3) is 0 Å². The fourth-order valence-electron chi connectivity index (χ4n) is 2.12. The van der Waals surface area contributed by atoms with Crippen LogP contribution in [0.3, 0.4) is 0 Å². The number of amides is 1. The highest BCUT2D eigenvalue weighted by Gasteiger charge is 2.44. The van der Waals surface area contributed by atoms with Gasteiger partial charge in [-0.25, -0.2) is 0 Å². The third kappa shape index (κ3) is 3.31. The molecule has 1 unspecified atom stereocenters. The second-order valence-electron chi connectivity index (χ2n) is 4.85. The van der Waals surface area contributed by atoms with E-state index in [4.69, 9.17) is 15.6 Å². The standard InChI is InChI=1S/C13H18N2O6/c14-7-3-1-6(2-4-7)12(19)15-9-11(18)10(17)8(5-16)21-13(9)20/h1-4,8-11,13,16-18,20H,5,14H2,(H,15,19)/t8-,9-,10-,11-,13?/m1/s1. The summed E-state index contributed by atoms with van der Waals surface area (Å²) >= 11 is 0. The number of hydrogen-bond acceptors (Lipinski definition) is 7. The zero-order chi connectivity index (χ0) is 15.6. The average Bonchev–Trinajstić information content (AvgIpc) is 2.47. The Kier molecular flexibility index (Phi) is 4.76. The number of carbonyl (C=O) groups is 1. The van der Waals surface area contributed by atoms with Crippen molar-refractivity contribution in [2.24, 2.45) is 0 Å². The minimum Gasteiger partial charge on any atom is -0.399 e. The Bertz CT molecular complexity index is 494. The molecule has 1 fully saturated rings. The maximum Gasteiger partial charge on any atom is 0.251 e. The van der Waals surface area contributed by atoms with E-state index in [1.807, 2.05) is 0 Å². The lowest BCUT2D eigenvalue weighted by molar-refractivity contribution is -0.252. The Morgan fingerprint density at radius 3 is 2.38 bits per heavy atom. The van der Waals surface area contributed by atoms with Crippen molar-refractivity contribution in [1.29, 1.82) is 0 Å². The molecule has 0 aromatic heterocycles. The Balaban J connectivity index is 2.07. The molecule has 0 bridgehead atoms. The maximum atomic E-state index is 12.0. The van der Waals surface area contributed by atoms with Gasteiger partial charge < -0.3 is 36.2 Å². The van der Waals surface area contributed by atoms with Crippen LogP contribution < -0.4 is 11.1 Å². The van der Waals surface area contributed by atoms with E-state index in [1.165, 1.54) is 24.3 Å². The summed E-state index contributed by atoms with van der Waals surface area (Å²) in [5, 5.41) is 40.7. The Labute approximate surface area is 120 Å². The third-order valence-corrected chi connectivity index (χ3v) is 3.37. The summed E-state index contributed by atoms with van der Waals surface area (Å²) in [4.78, 5) is 12.0. The van der Waals surface area contributed by atoms with Crippen molar-refractivity contribution in [2.45, 2.75) is 30.6 Å². The van der Waals surface area contributed by atoms with Crippen LogP contribution in [-0.4, -0.2) is 63.6 Å². The fourth-order valence-corrected chi connectivity index (χ4v) is 2.12. The molecule has 0 saturated carbocycles. The smallest absolute Gasteiger partial charge is 0.251 e. The highest BCUT2D eigenvalue weighted by Crippen LogP contribution is 2.20. The maximum absolute atomic E-state index is 12.0. The minimum absolute atomic E-state index is 0.280. The van der Waals surface area contributed by atoms with Crippen molar-refractivity contribution in [2.75, 3.05) is 12.3 Å². The molecule has 7 N–H and O–H groups in total. The fraction of sp³-hybridized carbons (Fsp3) is 0.462. The lowest BCUT2D eigenvalue weighted by Gasteiger charge is -2.40. The molecule has 0 radical (unpaired) electrons. The molecule has 8 heteroatoms. The van der Waals surface area contributed by atoms with Gasteiger partial charge in [-0.3, -0.25) is 4.79 Å². The number of anilines is 1. The van der Waals surface area contributed by atoms with Gasteiger partial charge >= 0.3 is 0 Å².